The number of ketones is 1. The van der Waals surface area contributed by atoms with Crippen LogP contribution in [0.5, 0.6) is 5.75 Å². The van der Waals surface area contributed by atoms with Gasteiger partial charge in [0.25, 0.3) is 5.78 Å². The van der Waals surface area contributed by atoms with Gasteiger partial charge in [0, 0.05) is 5.56 Å². The molecule has 0 N–H and O–H groups in total. The van der Waals surface area contributed by atoms with Crippen LogP contribution in [0.3, 0.4) is 0 Å². The van der Waals surface area contributed by atoms with Crippen molar-refractivity contribution in [2.75, 3.05) is 13.7 Å². The van der Waals surface area contributed by atoms with Crippen LogP contribution in [0.15, 0.2) is 18.2 Å². The van der Waals surface area contributed by atoms with Gasteiger partial charge in [-0.15, -0.1) is 0 Å². The molecule has 18 heavy (non-hydrogen) atoms. The first-order valence-electron chi connectivity index (χ1n) is 6.06. The minimum Gasteiger partial charge on any atom is -0.496 e. The number of hydrogen-bond donors (Lipinski definition) is 0. The molecule has 0 amide bonds. The van der Waals surface area contributed by atoms with Gasteiger partial charge in [0.15, 0.2) is 0 Å². The van der Waals surface area contributed by atoms with Crippen LogP contribution in [0.25, 0.3) is 0 Å². The molecule has 0 atom stereocenters. The van der Waals surface area contributed by atoms with Gasteiger partial charge in [-0.3, -0.25) is 4.79 Å². The Kier molecular flexibility index (Phi) is 3.65. The fourth-order valence-electron chi connectivity index (χ4n) is 1.90. The van der Waals surface area contributed by atoms with Crippen molar-refractivity contribution in [3.63, 3.8) is 0 Å². The molecular weight excluding hydrogens is 232 g/mol. The first-order valence-corrected chi connectivity index (χ1v) is 6.06. The van der Waals surface area contributed by atoms with E-state index in [1.54, 1.807) is 26.2 Å². The van der Waals surface area contributed by atoms with Crippen LogP contribution >= 0.6 is 0 Å². The average molecular weight is 248 g/mol. The molecule has 0 unspecified atom stereocenters. The molecule has 1 aromatic carbocycles. The van der Waals surface area contributed by atoms with Crippen molar-refractivity contribution in [3.8, 4) is 5.75 Å². The summed E-state index contributed by atoms with van der Waals surface area (Å²) in [5.74, 6) is -0.240. The zero-order valence-electron chi connectivity index (χ0n) is 10.6. The molecule has 0 aliphatic heterocycles. The maximum atomic E-state index is 11.8. The predicted molar refractivity (Wildman–Crippen MR) is 65.9 cm³/mol. The van der Waals surface area contributed by atoms with E-state index in [1.807, 2.05) is 6.07 Å². The number of carbonyl (C=O) groups excluding carboxylic acids is 2. The Morgan fingerprint density at radius 3 is 2.61 bits per heavy atom. The number of Topliss-reactive ketones (excluding diaryl/α,β-unsaturated/α-hetero) is 1. The molecule has 0 radical (unpaired) electrons. The van der Waals surface area contributed by atoms with Crippen LogP contribution in [0.2, 0.25) is 0 Å². The summed E-state index contributed by atoms with van der Waals surface area (Å²) in [6, 6.07) is 5.14. The van der Waals surface area contributed by atoms with Gasteiger partial charge in [0.05, 0.1) is 13.7 Å². The number of rotatable bonds is 5. The van der Waals surface area contributed by atoms with Gasteiger partial charge >= 0.3 is 5.97 Å². The van der Waals surface area contributed by atoms with E-state index in [4.69, 9.17) is 9.47 Å². The van der Waals surface area contributed by atoms with Gasteiger partial charge in [-0.25, -0.2) is 4.79 Å². The molecule has 96 valence electrons. The Morgan fingerprint density at radius 1 is 1.33 bits per heavy atom. The van der Waals surface area contributed by atoms with Crippen molar-refractivity contribution >= 4 is 11.8 Å². The lowest BCUT2D eigenvalue weighted by molar-refractivity contribution is -0.137. The van der Waals surface area contributed by atoms with E-state index >= 15 is 0 Å². The maximum absolute atomic E-state index is 11.8. The Bertz CT molecular complexity index is 475. The third-order valence-electron chi connectivity index (χ3n) is 2.97. The van der Waals surface area contributed by atoms with Crippen LogP contribution in [-0.2, 0) is 9.53 Å². The third kappa shape index (κ3) is 2.53. The molecule has 0 spiro atoms. The fourth-order valence-corrected chi connectivity index (χ4v) is 1.90. The van der Waals surface area contributed by atoms with Crippen LogP contribution in [0.1, 0.15) is 41.6 Å². The van der Waals surface area contributed by atoms with Crippen LogP contribution < -0.4 is 4.74 Å². The Morgan fingerprint density at radius 2 is 2.06 bits per heavy atom. The van der Waals surface area contributed by atoms with Crippen molar-refractivity contribution in [1.29, 1.82) is 0 Å². The first-order chi connectivity index (χ1) is 8.67. The van der Waals surface area contributed by atoms with E-state index in [0.717, 1.165) is 18.4 Å². The lowest BCUT2D eigenvalue weighted by atomic mass is 10.0. The SMILES string of the molecule is CCOC(=O)C(=O)c1ccc(C2CC2)c(OC)c1. The van der Waals surface area contributed by atoms with E-state index in [9.17, 15) is 9.59 Å². The molecule has 0 bridgehead atoms. The second kappa shape index (κ2) is 5.21. The number of ether oxygens (including phenoxy) is 2. The minimum absolute atomic E-state index is 0.196. The Hall–Kier alpha value is -1.84. The molecule has 4 heteroatoms. The highest BCUT2D eigenvalue weighted by Gasteiger charge is 2.28. The van der Waals surface area contributed by atoms with Gasteiger partial charge in [-0.1, -0.05) is 12.1 Å². The average Bonchev–Trinajstić information content (AvgIpc) is 3.21. The van der Waals surface area contributed by atoms with E-state index in [2.05, 4.69) is 0 Å². The standard InChI is InChI=1S/C14H16O4/c1-3-18-14(16)13(15)10-6-7-11(9-4-5-9)12(8-10)17-2/h6-9H,3-5H2,1-2H3. The molecule has 2 rings (SSSR count). The summed E-state index contributed by atoms with van der Waals surface area (Å²) < 4.78 is 9.97. The Labute approximate surface area is 106 Å². The van der Waals surface area contributed by atoms with Gasteiger partial charge in [0.2, 0.25) is 0 Å². The smallest absolute Gasteiger partial charge is 0.379 e. The highest BCUT2D eigenvalue weighted by Crippen LogP contribution is 2.44. The highest BCUT2D eigenvalue weighted by molar-refractivity contribution is 6.40. The maximum Gasteiger partial charge on any atom is 0.379 e. The summed E-state index contributed by atoms with van der Waals surface area (Å²) in [6.45, 7) is 1.86. The summed E-state index contributed by atoms with van der Waals surface area (Å²) in [6.07, 6.45) is 2.31. The molecule has 0 saturated heterocycles. The topological polar surface area (TPSA) is 52.6 Å². The highest BCUT2D eigenvalue weighted by atomic mass is 16.5. The van der Waals surface area contributed by atoms with Crippen LogP contribution in [0, 0.1) is 0 Å². The number of hydrogen-bond acceptors (Lipinski definition) is 4. The predicted octanol–water partition coefficient (Wildman–Crippen LogP) is 2.32. The fraction of sp³-hybridized carbons (Fsp3) is 0.429. The molecule has 1 fully saturated rings. The third-order valence-corrected chi connectivity index (χ3v) is 2.97. The molecule has 1 aliphatic rings. The summed E-state index contributed by atoms with van der Waals surface area (Å²) >= 11 is 0. The molecule has 1 aromatic rings. The molecule has 4 nitrogen and oxygen atoms in total. The Balaban J connectivity index is 2.23. The largest absolute Gasteiger partial charge is 0.496 e. The summed E-state index contributed by atoms with van der Waals surface area (Å²) in [5, 5.41) is 0. The van der Waals surface area contributed by atoms with Crippen LogP contribution in [0.4, 0.5) is 0 Å². The second-order valence-electron chi connectivity index (χ2n) is 4.28. The first kappa shape index (κ1) is 12.6. The summed E-state index contributed by atoms with van der Waals surface area (Å²) in [5.41, 5.74) is 1.42. The van der Waals surface area contributed by atoms with E-state index in [1.165, 1.54) is 0 Å². The second-order valence-corrected chi connectivity index (χ2v) is 4.28. The number of carbonyl (C=O) groups is 2. The van der Waals surface area contributed by atoms with Crippen molar-refractivity contribution in [1.82, 2.24) is 0 Å². The lowest BCUT2D eigenvalue weighted by Gasteiger charge is -2.09. The zero-order valence-corrected chi connectivity index (χ0v) is 10.6. The van der Waals surface area contributed by atoms with Crippen molar-refractivity contribution < 1.29 is 19.1 Å². The number of benzene rings is 1. The van der Waals surface area contributed by atoms with E-state index < -0.39 is 11.8 Å². The number of esters is 1. The number of methoxy groups -OCH3 is 1. The minimum atomic E-state index is -0.821. The van der Waals surface area contributed by atoms with Gasteiger partial charge in [0.1, 0.15) is 5.75 Å². The van der Waals surface area contributed by atoms with Crippen LogP contribution in [-0.4, -0.2) is 25.5 Å². The van der Waals surface area contributed by atoms with E-state index in [0.29, 0.717) is 17.2 Å². The zero-order chi connectivity index (χ0) is 13.1. The van der Waals surface area contributed by atoms with Crippen molar-refractivity contribution in [3.05, 3.63) is 29.3 Å². The van der Waals surface area contributed by atoms with Crippen molar-refractivity contribution in [2.24, 2.45) is 0 Å². The van der Waals surface area contributed by atoms with Crippen molar-refractivity contribution in [2.45, 2.75) is 25.7 Å². The quantitative estimate of drug-likeness (QED) is 0.456. The molecule has 0 heterocycles. The molecular formula is C14H16O4. The van der Waals surface area contributed by atoms with Gasteiger partial charge < -0.3 is 9.47 Å². The van der Waals surface area contributed by atoms with E-state index in [-0.39, 0.29) is 6.61 Å². The summed E-state index contributed by atoms with van der Waals surface area (Å²) in [4.78, 5) is 23.1. The molecule has 1 aliphatic carbocycles. The molecule has 0 aromatic heterocycles. The normalized spacial score (nSPS) is 14.1. The van der Waals surface area contributed by atoms with Gasteiger partial charge in [-0.05, 0) is 37.3 Å². The monoisotopic (exact) mass is 248 g/mol. The summed E-state index contributed by atoms with van der Waals surface area (Å²) in [7, 11) is 1.57. The van der Waals surface area contributed by atoms with Gasteiger partial charge in [-0.2, -0.15) is 0 Å². The molecule has 1 saturated carbocycles. The lowest BCUT2D eigenvalue weighted by Crippen LogP contribution is -2.17.